The second-order valence-corrected chi connectivity index (χ2v) is 20.2. The minimum absolute atomic E-state index is 0.00551. The van der Waals surface area contributed by atoms with Crippen LogP contribution < -0.4 is 20.1 Å². The van der Waals surface area contributed by atoms with E-state index in [1.54, 1.807) is 62.3 Å². The van der Waals surface area contributed by atoms with Crippen LogP contribution in [0, 0.1) is 16.7 Å². The van der Waals surface area contributed by atoms with Crippen molar-refractivity contribution < 1.29 is 47.7 Å². The topological polar surface area (TPSA) is 156 Å². The van der Waals surface area contributed by atoms with Crippen molar-refractivity contribution in [2.45, 2.75) is 191 Å². The molecule has 2 rings (SSSR count). The van der Waals surface area contributed by atoms with Gasteiger partial charge in [-0.3, -0.25) is 4.79 Å². The molecule has 1 aromatic carbocycles. The van der Waals surface area contributed by atoms with Crippen LogP contribution in [-0.2, 0) is 34.0 Å². The lowest BCUT2D eigenvalue weighted by molar-refractivity contribution is -0.152. The standard InChI is InChI=1S/C46H74N2O10/c1-18-19-20-21-22-45(14,15)33-24-34(55-37(49)29(3)47-40(52)57-43(8,9)10)36(35(25-33)56-38(50)30(4)48-41(53)58-44(11,12)13)31-23-32(28(2)46(16,17)26-31)27-54-39(51)42(5,6)7/h23-25,28-31H,18-22,26-27H2,1-17H3,(H,47,52)(H,48,53)/t28-,29+,30+,31+/m1/s1. The van der Waals surface area contributed by atoms with Crippen molar-refractivity contribution in [3.8, 4) is 11.5 Å². The van der Waals surface area contributed by atoms with Crippen LogP contribution in [0.15, 0.2) is 23.8 Å². The minimum Gasteiger partial charge on any atom is -0.461 e. The van der Waals surface area contributed by atoms with Crippen LogP contribution in [0.2, 0.25) is 0 Å². The van der Waals surface area contributed by atoms with E-state index < -0.39 is 64.2 Å². The number of hydrogen-bond donors (Lipinski definition) is 2. The van der Waals surface area contributed by atoms with Gasteiger partial charge in [-0.2, -0.15) is 0 Å². The highest BCUT2D eigenvalue weighted by Gasteiger charge is 2.40. The molecular formula is C46H74N2O10. The second kappa shape index (κ2) is 19.8. The van der Waals surface area contributed by atoms with Crippen LogP contribution in [0.3, 0.4) is 0 Å². The van der Waals surface area contributed by atoms with E-state index >= 15 is 0 Å². The maximum absolute atomic E-state index is 13.9. The molecule has 2 amide bonds. The highest BCUT2D eigenvalue weighted by Crippen LogP contribution is 2.51. The van der Waals surface area contributed by atoms with Crippen molar-refractivity contribution in [2.75, 3.05) is 6.61 Å². The van der Waals surface area contributed by atoms with E-state index in [9.17, 15) is 24.0 Å². The number of nitrogens with one attached hydrogen (secondary N) is 2. The van der Waals surface area contributed by atoms with Crippen LogP contribution in [0.1, 0.15) is 173 Å². The number of alkyl carbamates (subject to hydrolysis) is 2. The number of unbranched alkanes of at least 4 members (excludes halogenated alkanes) is 3. The summed E-state index contributed by atoms with van der Waals surface area (Å²) in [7, 11) is 0. The first kappa shape index (κ1) is 50.1. The van der Waals surface area contributed by atoms with Crippen molar-refractivity contribution in [1.29, 1.82) is 0 Å². The number of carbonyl (C=O) groups excluding carboxylic acids is 5. The molecule has 12 heteroatoms. The van der Waals surface area contributed by atoms with Gasteiger partial charge in [-0.25, -0.2) is 19.2 Å². The van der Waals surface area contributed by atoms with Crippen molar-refractivity contribution in [3.63, 3.8) is 0 Å². The third kappa shape index (κ3) is 15.6. The first-order chi connectivity index (χ1) is 26.4. The second-order valence-electron chi connectivity index (χ2n) is 20.2. The Kier molecular flexibility index (Phi) is 17.1. The van der Waals surface area contributed by atoms with Gasteiger partial charge in [-0.15, -0.1) is 0 Å². The summed E-state index contributed by atoms with van der Waals surface area (Å²) in [5.41, 5.74) is -1.01. The van der Waals surface area contributed by atoms with Crippen LogP contribution in [0.5, 0.6) is 11.5 Å². The number of esters is 3. The third-order valence-corrected chi connectivity index (χ3v) is 10.4. The van der Waals surface area contributed by atoms with Gasteiger partial charge in [0.1, 0.15) is 41.4 Å². The number of ether oxygens (including phenoxy) is 5. The largest absolute Gasteiger partial charge is 0.461 e. The molecule has 0 fully saturated rings. The average Bonchev–Trinajstić information content (AvgIpc) is 3.04. The number of amides is 2. The summed E-state index contributed by atoms with van der Waals surface area (Å²) < 4.78 is 29.1. The molecule has 0 radical (unpaired) electrons. The summed E-state index contributed by atoms with van der Waals surface area (Å²) in [6.07, 6.45) is 6.00. The first-order valence-electron chi connectivity index (χ1n) is 20.9. The fourth-order valence-corrected chi connectivity index (χ4v) is 6.58. The van der Waals surface area contributed by atoms with E-state index in [1.807, 2.05) is 18.2 Å². The molecular weight excluding hydrogens is 741 g/mol. The Bertz CT molecular complexity index is 1580. The lowest BCUT2D eigenvalue weighted by Gasteiger charge is -2.41. The van der Waals surface area contributed by atoms with Crippen LogP contribution in [0.25, 0.3) is 0 Å². The average molecular weight is 815 g/mol. The van der Waals surface area contributed by atoms with E-state index in [2.05, 4.69) is 52.2 Å². The number of hydrogen-bond acceptors (Lipinski definition) is 10. The molecule has 0 saturated heterocycles. The molecule has 328 valence electrons. The predicted octanol–water partition coefficient (Wildman–Crippen LogP) is 10.2. The molecule has 1 aliphatic carbocycles. The Morgan fingerprint density at radius 1 is 0.759 bits per heavy atom. The smallest absolute Gasteiger partial charge is 0.408 e. The number of rotatable bonds is 15. The first-order valence-corrected chi connectivity index (χ1v) is 20.9. The molecule has 58 heavy (non-hydrogen) atoms. The Hall–Kier alpha value is -4.09. The fourth-order valence-electron chi connectivity index (χ4n) is 6.58. The molecule has 1 aromatic rings. The number of allylic oxidation sites excluding steroid dienone is 1. The van der Waals surface area contributed by atoms with E-state index in [-0.39, 0.29) is 35.4 Å². The van der Waals surface area contributed by atoms with Crippen LogP contribution >= 0.6 is 0 Å². The van der Waals surface area contributed by atoms with E-state index in [4.69, 9.17) is 23.7 Å². The number of benzene rings is 1. The predicted molar refractivity (Wildman–Crippen MR) is 226 cm³/mol. The SMILES string of the molecule is CCCCCCC(C)(C)c1cc(OC(=O)[C@H](C)NC(=O)OC(C)(C)C)c([C@H]2C=C(COC(=O)C(C)(C)C)[C@@H](C)C(C)(C)C2)c(OC(=O)[C@H](C)NC(=O)OC(C)(C)C)c1. The van der Waals surface area contributed by atoms with Crippen LogP contribution in [-0.4, -0.2) is 60.0 Å². The van der Waals surface area contributed by atoms with Gasteiger partial charge in [0.05, 0.1) is 5.41 Å². The zero-order chi connectivity index (χ0) is 44.6. The highest BCUT2D eigenvalue weighted by atomic mass is 16.6. The van der Waals surface area contributed by atoms with Crippen molar-refractivity contribution in [1.82, 2.24) is 10.6 Å². The molecule has 0 spiro atoms. The van der Waals surface area contributed by atoms with Gasteiger partial charge in [-0.05, 0) is 129 Å². The monoisotopic (exact) mass is 815 g/mol. The molecule has 0 aliphatic heterocycles. The zero-order valence-corrected chi connectivity index (χ0v) is 38.6. The molecule has 2 N–H and O–H groups in total. The van der Waals surface area contributed by atoms with Gasteiger partial charge in [0.25, 0.3) is 0 Å². The normalized spacial score (nSPS) is 18.2. The fraction of sp³-hybridized carbons (Fsp3) is 0.717. The van der Waals surface area contributed by atoms with Crippen molar-refractivity contribution in [3.05, 3.63) is 34.9 Å². The summed E-state index contributed by atoms with van der Waals surface area (Å²) in [6.45, 7) is 31.5. The van der Waals surface area contributed by atoms with Crippen molar-refractivity contribution in [2.24, 2.45) is 16.7 Å². The highest BCUT2D eigenvalue weighted by molar-refractivity contribution is 5.85. The molecule has 0 heterocycles. The summed E-state index contributed by atoms with van der Waals surface area (Å²) in [5.74, 6) is -2.00. The maximum atomic E-state index is 13.9. The Morgan fingerprint density at radius 2 is 1.22 bits per heavy atom. The summed E-state index contributed by atoms with van der Waals surface area (Å²) in [6, 6.07) is 1.43. The summed E-state index contributed by atoms with van der Waals surface area (Å²) in [4.78, 5) is 66.1. The lowest BCUT2D eigenvalue weighted by Crippen LogP contribution is -2.43. The number of carbonyl (C=O) groups is 5. The van der Waals surface area contributed by atoms with E-state index in [0.29, 0.717) is 12.0 Å². The molecule has 0 bridgehead atoms. The van der Waals surface area contributed by atoms with Gasteiger partial charge < -0.3 is 34.3 Å². The molecule has 0 unspecified atom stereocenters. The molecule has 12 nitrogen and oxygen atoms in total. The van der Waals surface area contributed by atoms with Crippen LogP contribution in [0.4, 0.5) is 9.59 Å². The van der Waals surface area contributed by atoms with Gasteiger partial charge in [0, 0.05) is 11.5 Å². The van der Waals surface area contributed by atoms with Crippen molar-refractivity contribution >= 4 is 30.1 Å². The minimum atomic E-state index is -1.11. The third-order valence-electron chi connectivity index (χ3n) is 10.4. The molecule has 0 saturated carbocycles. The van der Waals surface area contributed by atoms with E-state index in [1.165, 1.54) is 13.8 Å². The lowest BCUT2D eigenvalue weighted by atomic mass is 9.64. The van der Waals surface area contributed by atoms with Gasteiger partial charge >= 0.3 is 30.1 Å². The summed E-state index contributed by atoms with van der Waals surface area (Å²) >= 11 is 0. The van der Waals surface area contributed by atoms with Gasteiger partial charge in [-0.1, -0.05) is 73.3 Å². The maximum Gasteiger partial charge on any atom is 0.408 e. The summed E-state index contributed by atoms with van der Waals surface area (Å²) in [5, 5.41) is 5.14. The zero-order valence-electron chi connectivity index (χ0n) is 38.6. The molecule has 4 atom stereocenters. The molecule has 1 aliphatic rings. The quantitative estimate of drug-likeness (QED) is 0.0574. The van der Waals surface area contributed by atoms with Gasteiger partial charge in [0.2, 0.25) is 0 Å². The Morgan fingerprint density at radius 3 is 1.64 bits per heavy atom. The Balaban J connectivity index is 2.87. The molecule has 0 aromatic heterocycles. The Labute approximate surface area is 348 Å². The van der Waals surface area contributed by atoms with Gasteiger partial charge in [0.15, 0.2) is 0 Å². The van der Waals surface area contributed by atoms with E-state index in [0.717, 1.165) is 43.2 Å².